The number of nitrogens with one attached hydrogen (secondary N) is 1. The van der Waals surface area contributed by atoms with Crippen molar-refractivity contribution in [1.82, 2.24) is 5.43 Å². The molecule has 0 aliphatic heterocycles. The van der Waals surface area contributed by atoms with E-state index in [1.807, 2.05) is 18.2 Å². The highest BCUT2D eigenvalue weighted by atomic mass is 16.5. The van der Waals surface area contributed by atoms with Gasteiger partial charge in [0.05, 0.1) is 20.3 Å². The normalized spacial score (nSPS) is 12.0. The standard InChI is InChI=1S/C17H22N2O2/c1-12-6-4-7-13(10-12)11-15(19-18)14-8-5-9-16(20-2)17(14)21-3/h4-10,15,19H,11,18H2,1-3H3. The molecule has 0 fully saturated rings. The second kappa shape index (κ2) is 7.11. The van der Waals surface area contributed by atoms with Crippen molar-refractivity contribution in [3.05, 3.63) is 59.2 Å². The molecule has 0 aliphatic carbocycles. The maximum Gasteiger partial charge on any atom is 0.165 e. The maximum absolute atomic E-state index is 5.76. The molecule has 112 valence electrons. The summed E-state index contributed by atoms with van der Waals surface area (Å²) in [5, 5.41) is 0. The third kappa shape index (κ3) is 3.54. The van der Waals surface area contributed by atoms with Gasteiger partial charge in [-0.1, -0.05) is 42.0 Å². The van der Waals surface area contributed by atoms with Gasteiger partial charge >= 0.3 is 0 Å². The molecule has 0 amide bonds. The molecule has 0 aliphatic rings. The average Bonchev–Trinajstić information content (AvgIpc) is 2.51. The number of para-hydroxylation sites is 1. The van der Waals surface area contributed by atoms with E-state index >= 15 is 0 Å². The van der Waals surface area contributed by atoms with Gasteiger partial charge in [0.15, 0.2) is 11.5 Å². The van der Waals surface area contributed by atoms with Crippen molar-refractivity contribution in [2.24, 2.45) is 5.84 Å². The molecule has 1 atom stereocenters. The summed E-state index contributed by atoms with van der Waals surface area (Å²) in [4.78, 5) is 0. The zero-order chi connectivity index (χ0) is 15.2. The van der Waals surface area contributed by atoms with Crippen LogP contribution in [0, 0.1) is 6.92 Å². The topological polar surface area (TPSA) is 56.5 Å². The SMILES string of the molecule is COc1cccc(C(Cc2cccc(C)c2)NN)c1OC. The molecule has 4 heteroatoms. The summed E-state index contributed by atoms with van der Waals surface area (Å²) in [5.74, 6) is 7.19. The van der Waals surface area contributed by atoms with Crippen molar-refractivity contribution in [2.45, 2.75) is 19.4 Å². The zero-order valence-corrected chi connectivity index (χ0v) is 12.7. The van der Waals surface area contributed by atoms with E-state index in [2.05, 4.69) is 36.6 Å². The van der Waals surface area contributed by atoms with Gasteiger partial charge < -0.3 is 9.47 Å². The Kier molecular flexibility index (Phi) is 5.20. The molecule has 0 spiro atoms. The summed E-state index contributed by atoms with van der Waals surface area (Å²) < 4.78 is 10.8. The summed E-state index contributed by atoms with van der Waals surface area (Å²) >= 11 is 0. The number of benzene rings is 2. The van der Waals surface area contributed by atoms with Crippen LogP contribution in [0.25, 0.3) is 0 Å². The van der Waals surface area contributed by atoms with Crippen LogP contribution in [0.1, 0.15) is 22.7 Å². The minimum Gasteiger partial charge on any atom is -0.493 e. The first-order chi connectivity index (χ1) is 10.2. The van der Waals surface area contributed by atoms with E-state index in [4.69, 9.17) is 15.3 Å². The highest BCUT2D eigenvalue weighted by Gasteiger charge is 2.18. The molecular formula is C17H22N2O2. The lowest BCUT2D eigenvalue weighted by atomic mass is 9.97. The zero-order valence-electron chi connectivity index (χ0n) is 12.7. The van der Waals surface area contributed by atoms with E-state index in [0.29, 0.717) is 5.75 Å². The number of hydrogen-bond donors (Lipinski definition) is 2. The highest BCUT2D eigenvalue weighted by molar-refractivity contribution is 5.48. The summed E-state index contributed by atoms with van der Waals surface area (Å²) in [6.07, 6.45) is 0.779. The smallest absolute Gasteiger partial charge is 0.165 e. The van der Waals surface area contributed by atoms with Crippen molar-refractivity contribution in [1.29, 1.82) is 0 Å². The quantitative estimate of drug-likeness (QED) is 0.633. The molecule has 0 radical (unpaired) electrons. The van der Waals surface area contributed by atoms with Gasteiger partial charge in [-0.25, -0.2) is 0 Å². The van der Waals surface area contributed by atoms with E-state index in [9.17, 15) is 0 Å². The lowest BCUT2D eigenvalue weighted by Gasteiger charge is -2.21. The minimum atomic E-state index is -0.0446. The van der Waals surface area contributed by atoms with Crippen LogP contribution in [-0.2, 0) is 6.42 Å². The van der Waals surface area contributed by atoms with Crippen LogP contribution in [-0.4, -0.2) is 14.2 Å². The molecule has 0 aromatic heterocycles. The van der Waals surface area contributed by atoms with Gasteiger partial charge in [0.1, 0.15) is 0 Å². The maximum atomic E-state index is 5.76. The molecule has 2 aromatic carbocycles. The van der Waals surface area contributed by atoms with Crippen LogP contribution in [0.2, 0.25) is 0 Å². The number of nitrogens with two attached hydrogens (primary N) is 1. The molecule has 0 saturated carbocycles. The third-order valence-electron chi connectivity index (χ3n) is 3.53. The molecular weight excluding hydrogens is 264 g/mol. The first-order valence-electron chi connectivity index (χ1n) is 6.92. The van der Waals surface area contributed by atoms with Gasteiger partial charge in [-0.05, 0) is 25.0 Å². The second-order valence-corrected chi connectivity index (χ2v) is 5.00. The van der Waals surface area contributed by atoms with Gasteiger partial charge in [0.25, 0.3) is 0 Å². The van der Waals surface area contributed by atoms with Gasteiger partial charge in [-0.15, -0.1) is 0 Å². The molecule has 4 nitrogen and oxygen atoms in total. The first kappa shape index (κ1) is 15.4. The number of hydrazine groups is 1. The third-order valence-corrected chi connectivity index (χ3v) is 3.53. The molecule has 0 saturated heterocycles. The monoisotopic (exact) mass is 286 g/mol. The Morgan fingerprint density at radius 2 is 1.86 bits per heavy atom. The van der Waals surface area contributed by atoms with Gasteiger partial charge in [0, 0.05) is 5.56 Å². The Hall–Kier alpha value is -2.04. The highest BCUT2D eigenvalue weighted by Crippen LogP contribution is 2.35. The van der Waals surface area contributed by atoms with Crippen molar-refractivity contribution in [2.75, 3.05) is 14.2 Å². The van der Waals surface area contributed by atoms with E-state index in [-0.39, 0.29) is 6.04 Å². The number of methoxy groups -OCH3 is 2. The van der Waals surface area contributed by atoms with Gasteiger partial charge in [0.2, 0.25) is 0 Å². The van der Waals surface area contributed by atoms with E-state index in [0.717, 1.165) is 17.7 Å². The largest absolute Gasteiger partial charge is 0.493 e. The Balaban J connectivity index is 2.33. The van der Waals surface area contributed by atoms with Crippen molar-refractivity contribution < 1.29 is 9.47 Å². The van der Waals surface area contributed by atoms with Crippen molar-refractivity contribution in [3.63, 3.8) is 0 Å². The fraction of sp³-hybridized carbons (Fsp3) is 0.294. The number of aryl methyl sites for hydroxylation is 1. The van der Waals surface area contributed by atoms with Crippen LogP contribution < -0.4 is 20.7 Å². The van der Waals surface area contributed by atoms with Crippen molar-refractivity contribution >= 4 is 0 Å². The van der Waals surface area contributed by atoms with Gasteiger partial charge in [-0.3, -0.25) is 11.3 Å². The van der Waals surface area contributed by atoms with Crippen LogP contribution >= 0.6 is 0 Å². The molecule has 3 N–H and O–H groups in total. The molecule has 1 unspecified atom stereocenters. The van der Waals surface area contributed by atoms with Crippen LogP contribution in [0.3, 0.4) is 0 Å². The van der Waals surface area contributed by atoms with Crippen LogP contribution in [0.4, 0.5) is 0 Å². The van der Waals surface area contributed by atoms with Crippen molar-refractivity contribution in [3.8, 4) is 11.5 Å². The Bertz CT molecular complexity index is 599. The fourth-order valence-corrected chi connectivity index (χ4v) is 2.52. The fourth-order valence-electron chi connectivity index (χ4n) is 2.52. The minimum absolute atomic E-state index is 0.0446. The Morgan fingerprint density at radius 3 is 2.48 bits per heavy atom. The molecule has 2 aromatic rings. The second-order valence-electron chi connectivity index (χ2n) is 5.00. The van der Waals surface area contributed by atoms with E-state index < -0.39 is 0 Å². The molecule has 0 bridgehead atoms. The van der Waals surface area contributed by atoms with E-state index in [1.165, 1.54) is 11.1 Å². The van der Waals surface area contributed by atoms with Crippen LogP contribution in [0.5, 0.6) is 11.5 Å². The van der Waals surface area contributed by atoms with Crippen LogP contribution in [0.15, 0.2) is 42.5 Å². The summed E-state index contributed by atoms with van der Waals surface area (Å²) in [7, 11) is 3.27. The number of hydrogen-bond acceptors (Lipinski definition) is 4. The Morgan fingerprint density at radius 1 is 1.10 bits per heavy atom. The lowest BCUT2D eigenvalue weighted by molar-refractivity contribution is 0.346. The number of ether oxygens (including phenoxy) is 2. The lowest BCUT2D eigenvalue weighted by Crippen LogP contribution is -2.30. The van der Waals surface area contributed by atoms with E-state index in [1.54, 1.807) is 14.2 Å². The number of rotatable bonds is 6. The predicted octanol–water partition coefficient (Wildman–Crippen LogP) is 2.76. The molecule has 2 rings (SSSR count). The Labute approximate surface area is 125 Å². The van der Waals surface area contributed by atoms with Gasteiger partial charge in [-0.2, -0.15) is 0 Å². The predicted molar refractivity (Wildman–Crippen MR) is 84.5 cm³/mol. The summed E-state index contributed by atoms with van der Waals surface area (Å²) in [6.45, 7) is 2.08. The first-order valence-corrected chi connectivity index (χ1v) is 6.92. The summed E-state index contributed by atoms with van der Waals surface area (Å²) in [5.41, 5.74) is 6.33. The molecule has 21 heavy (non-hydrogen) atoms. The summed E-state index contributed by atoms with van der Waals surface area (Å²) in [6, 6.07) is 14.2. The molecule has 0 heterocycles. The average molecular weight is 286 g/mol.